The molecule has 0 fully saturated rings. The van der Waals surface area contributed by atoms with Crippen LogP contribution in [0.2, 0.25) is 0 Å². The van der Waals surface area contributed by atoms with Crippen LogP contribution in [0, 0.1) is 6.92 Å². The van der Waals surface area contributed by atoms with Crippen LogP contribution in [0.15, 0.2) is 35.7 Å². The predicted molar refractivity (Wildman–Crippen MR) is 74.1 cm³/mol. The maximum atomic E-state index is 11.9. The molecule has 20 heavy (non-hydrogen) atoms. The molecule has 0 amide bonds. The zero-order valence-corrected chi connectivity index (χ0v) is 12.2. The third kappa shape index (κ3) is 4.36. The van der Waals surface area contributed by atoms with Gasteiger partial charge in [0.1, 0.15) is 5.75 Å². The van der Waals surface area contributed by atoms with Crippen LogP contribution in [0.5, 0.6) is 5.75 Å². The Bertz CT molecular complexity index is 595. The SMILES string of the molecule is C=CCNS(=O)(=O)c1ccc(OCC(=O)OC)c(C)c1. The molecule has 0 saturated heterocycles. The van der Waals surface area contributed by atoms with Crippen LogP contribution in [-0.4, -0.2) is 34.6 Å². The van der Waals surface area contributed by atoms with Gasteiger partial charge in [-0.15, -0.1) is 6.58 Å². The van der Waals surface area contributed by atoms with Crippen LogP contribution in [0.3, 0.4) is 0 Å². The lowest BCUT2D eigenvalue weighted by Gasteiger charge is -2.10. The fraction of sp³-hybridized carbons (Fsp3) is 0.308. The van der Waals surface area contributed by atoms with Crippen molar-refractivity contribution in [3.05, 3.63) is 36.4 Å². The number of carbonyl (C=O) groups excluding carboxylic acids is 1. The van der Waals surface area contributed by atoms with Gasteiger partial charge in [-0.05, 0) is 30.7 Å². The number of hydrogen-bond acceptors (Lipinski definition) is 5. The summed E-state index contributed by atoms with van der Waals surface area (Å²) >= 11 is 0. The first-order valence-electron chi connectivity index (χ1n) is 5.81. The van der Waals surface area contributed by atoms with Crippen molar-refractivity contribution in [1.82, 2.24) is 4.72 Å². The lowest BCUT2D eigenvalue weighted by Crippen LogP contribution is -2.23. The van der Waals surface area contributed by atoms with Crippen LogP contribution in [0.1, 0.15) is 5.56 Å². The Morgan fingerprint density at radius 2 is 2.15 bits per heavy atom. The molecular weight excluding hydrogens is 282 g/mol. The zero-order valence-electron chi connectivity index (χ0n) is 11.4. The van der Waals surface area contributed by atoms with Crippen molar-refractivity contribution >= 4 is 16.0 Å². The van der Waals surface area contributed by atoms with Gasteiger partial charge >= 0.3 is 5.97 Å². The van der Waals surface area contributed by atoms with E-state index in [2.05, 4.69) is 16.0 Å². The minimum atomic E-state index is -3.57. The van der Waals surface area contributed by atoms with Gasteiger partial charge < -0.3 is 9.47 Å². The summed E-state index contributed by atoms with van der Waals surface area (Å²) in [7, 11) is -2.30. The topological polar surface area (TPSA) is 81.7 Å². The largest absolute Gasteiger partial charge is 0.482 e. The van der Waals surface area contributed by atoms with E-state index in [1.54, 1.807) is 6.92 Å². The zero-order chi connectivity index (χ0) is 15.2. The highest BCUT2D eigenvalue weighted by atomic mass is 32.2. The van der Waals surface area contributed by atoms with E-state index in [9.17, 15) is 13.2 Å². The van der Waals surface area contributed by atoms with Crippen molar-refractivity contribution in [3.63, 3.8) is 0 Å². The smallest absolute Gasteiger partial charge is 0.343 e. The Balaban J connectivity index is 2.87. The minimum Gasteiger partial charge on any atom is -0.482 e. The first-order chi connectivity index (χ1) is 9.40. The Labute approximate surface area is 118 Å². The fourth-order valence-electron chi connectivity index (χ4n) is 1.40. The second-order valence-electron chi connectivity index (χ2n) is 3.93. The normalized spacial score (nSPS) is 10.9. The number of hydrogen-bond donors (Lipinski definition) is 1. The average molecular weight is 299 g/mol. The van der Waals surface area contributed by atoms with Crippen molar-refractivity contribution in [1.29, 1.82) is 0 Å². The lowest BCUT2D eigenvalue weighted by molar-refractivity contribution is -0.142. The molecule has 0 aliphatic rings. The van der Waals surface area contributed by atoms with Crippen LogP contribution in [-0.2, 0) is 19.6 Å². The van der Waals surface area contributed by atoms with E-state index < -0.39 is 16.0 Å². The number of esters is 1. The van der Waals surface area contributed by atoms with E-state index in [0.717, 1.165) is 0 Å². The number of nitrogens with one attached hydrogen (secondary N) is 1. The minimum absolute atomic E-state index is 0.127. The number of methoxy groups -OCH3 is 1. The molecule has 0 bridgehead atoms. The van der Waals surface area contributed by atoms with Crippen molar-refractivity contribution < 1.29 is 22.7 Å². The summed E-state index contributed by atoms with van der Waals surface area (Å²) in [5.74, 6) is -0.0770. The number of benzene rings is 1. The number of ether oxygens (including phenoxy) is 2. The van der Waals surface area contributed by atoms with Gasteiger partial charge in [0.2, 0.25) is 10.0 Å². The summed E-state index contributed by atoms with van der Waals surface area (Å²) in [5.41, 5.74) is 0.607. The van der Waals surface area contributed by atoms with Crippen LogP contribution >= 0.6 is 0 Å². The van der Waals surface area contributed by atoms with Gasteiger partial charge in [-0.3, -0.25) is 0 Å². The maximum Gasteiger partial charge on any atom is 0.343 e. The van der Waals surface area contributed by atoms with Gasteiger partial charge in [-0.25, -0.2) is 17.9 Å². The molecule has 1 N–H and O–H groups in total. The standard InChI is InChI=1S/C13H17NO5S/c1-4-7-14-20(16,17)11-5-6-12(10(2)8-11)19-9-13(15)18-3/h4-6,8,14H,1,7,9H2,2-3H3. The number of aryl methyl sites for hydroxylation is 1. The highest BCUT2D eigenvalue weighted by Crippen LogP contribution is 2.21. The molecule has 0 atom stereocenters. The van der Waals surface area contributed by atoms with E-state index in [1.807, 2.05) is 0 Å². The monoisotopic (exact) mass is 299 g/mol. The summed E-state index contributed by atoms with van der Waals surface area (Å²) in [6.45, 7) is 5.07. The van der Waals surface area contributed by atoms with Crippen LogP contribution < -0.4 is 9.46 Å². The molecule has 0 unspecified atom stereocenters. The van der Waals surface area contributed by atoms with Gasteiger partial charge in [-0.2, -0.15) is 0 Å². The molecule has 0 saturated carbocycles. The van der Waals surface area contributed by atoms with E-state index in [1.165, 1.54) is 31.4 Å². The Hall–Kier alpha value is -1.86. The average Bonchev–Trinajstić information content (AvgIpc) is 2.43. The molecule has 110 valence electrons. The molecule has 6 nitrogen and oxygen atoms in total. The molecule has 0 spiro atoms. The molecule has 0 heterocycles. The van der Waals surface area contributed by atoms with Gasteiger partial charge in [0, 0.05) is 6.54 Å². The van der Waals surface area contributed by atoms with Gasteiger partial charge in [0.25, 0.3) is 0 Å². The van der Waals surface area contributed by atoms with E-state index in [0.29, 0.717) is 11.3 Å². The van der Waals surface area contributed by atoms with Gasteiger partial charge in [0.15, 0.2) is 6.61 Å². The van der Waals surface area contributed by atoms with Crippen LogP contribution in [0.25, 0.3) is 0 Å². The highest BCUT2D eigenvalue weighted by molar-refractivity contribution is 7.89. The van der Waals surface area contributed by atoms with Crippen LogP contribution in [0.4, 0.5) is 0 Å². The predicted octanol–water partition coefficient (Wildman–Crippen LogP) is 1.01. The summed E-state index contributed by atoms with van der Waals surface area (Å²) in [5, 5.41) is 0. The lowest BCUT2D eigenvalue weighted by atomic mass is 10.2. The van der Waals surface area contributed by atoms with Crippen molar-refractivity contribution in [2.45, 2.75) is 11.8 Å². The third-order valence-corrected chi connectivity index (χ3v) is 3.87. The highest BCUT2D eigenvalue weighted by Gasteiger charge is 2.14. The first-order valence-corrected chi connectivity index (χ1v) is 7.30. The molecule has 0 radical (unpaired) electrons. The number of carbonyl (C=O) groups is 1. The molecule has 1 aromatic rings. The summed E-state index contributed by atoms with van der Waals surface area (Å²) in [4.78, 5) is 11.1. The van der Waals surface area contributed by atoms with E-state index in [4.69, 9.17) is 4.74 Å². The van der Waals surface area contributed by atoms with Crippen molar-refractivity contribution in [2.75, 3.05) is 20.3 Å². The molecule has 0 aliphatic heterocycles. The summed E-state index contributed by atoms with van der Waals surface area (Å²) < 4.78 is 35.8. The molecule has 1 rings (SSSR count). The molecule has 0 aliphatic carbocycles. The van der Waals surface area contributed by atoms with Gasteiger partial charge in [0.05, 0.1) is 12.0 Å². The Morgan fingerprint density at radius 3 is 2.70 bits per heavy atom. The first kappa shape index (κ1) is 16.2. The number of rotatable bonds is 7. The Kier molecular flexibility index (Phi) is 5.72. The molecule has 7 heteroatoms. The maximum absolute atomic E-state index is 11.9. The summed E-state index contributed by atoms with van der Waals surface area (Å²) in [6, 6.07) is 4.38. The van der Waals surface area contributed by atoms with Crippen molar-refractivity contribution in [2.24, 2.45) is 0 Å². The quantitative estimate of drug-likeness (QED) is 0.600. The van der Waals surface area contributed by atoms with E-state index in [-0.39, 0.29) is 18.0 Å². The van der Waals surface area contributed by atoms with E-state index >= 15 is 0 Å². The molecular formula is C13H17NO5S. The second-order valence-corrected chi connectivity index (χ2v) is 5.70. The Morgan fingerprint density at radius 1 is 1.45 bits per heavy atom. The second kappa shape index (κ2) is 7.06. The fourth-order valence-corrected chi connectivity index (χ4v) is 2.48. The third-order valence-electron chi connectivity index (χ3n) is 2.45. The van der Waals surface area contributed by atoms with Gasteiger partial charge in [-0.1, -0.05) is 6.08 Å². The molecule has 1 aromatic carbocycles. The number of sulfonamides is 1. The summed E-state index contributed by atoms with van der Waals surface area (Å²) in [6.07, 6.45) is 1.46. The molecule has 0 aromatic heterocycles. The van der Waals surface area contributed by atoms with Crippen molar-refractivity contribution in [3.8, 4) is 5.75 Å².